The zero-order chi connectivity index (χ0) is 17.4. The molecule has 2 aromatic rings. The Balaban J connectivity index is 2.06. The van der Waals surface area contributed by atoms with Gasteiger partial charge in [0.25, 0.3) is 0 Å². The van der Waals surface area contributed by atoms with Gasteiger partial charge < -0.3 is 5.11 Å². The van der Waals surface area contributed by atoms with Crippen molar-refractivity contribution in [2.45, 2.75) is 56.3 Å². The molecule has 1 aliphatic rings. The molecule has 2 heteroatoms. The number of rotatable bonds is 3. The molecule has 2 aromatic carbocycles. The van der Waals surface area contributed by atoms with E-state index in [1.54, 1.807) is 0 Å². The summed E-state index contributed by atoms with van der Waals surface area (Å²) >= 11 is 1.82. The van der Waals surface area contributed by atoms with Crippen molar-refractivity contribution in [2.24, 2.45) is 10.8 Å². The lowest BCUT2D eigenvalue weighted by Gasteiger charge is -2.55. The third-order valence-corrected chi connectivity index (χ3v) is 6.90. The zero-order valence-electron chi connectivity index (χ0n) is 15.1. The average molecular weight is 341 g/mol. The van der Waals surface area contributed by atoms with Crippen molar-refractivity contribution < 1.29 is 5.11 Å². The third kappa shape index (κ3) is 3.41. The first-order valence-corrected chi connectivity index (χ1v) is 9.61. The van der Waals surface area contributed by atoms with Crippen LogP contribution in [0.4, 0.5) is 0 Å². The first-order valence-electron chi connectivity index (χ1n) is 8.73. The predicted octanol–water partition coefficient (Wildman–Crippen LogP) is 5.88. The average Bonchev–Trinajstić information content (AvgIpc) is 2.51. The fourth-order valence-electron chi connectivity index (χ4n) is 4.73. The van der Waals surface area contributed by atoms with E-state index in [1.165, 1.54) is 4.90 Å². The van der Waals surface area contributed by atoms with Crippen LogP contribution in [-0.2, 0) is 5.60 Å². The number of thioether (sulfide) groups is 1. The number of benzene rings is 2. The SMILES string of the molecule is CC1(C)CC(C)(C)[C@H](Sc2ccccc2)[C@@](O)(c2ccccc2)C1. The van der Waals surface area contributed by atoms with Gasteiger partial charge in [0.1, 0.15) is 5.60 Å². The van der Waals surface area contributed by atoms with Gasteiger partial charge in [0, 0.05) is 10.1 Å². The zero-order valence-corrected chi connectivity index (χ0v) is 15.9. The van der Waals surface area contributed by atoms with Crippen molar-refractivity contribution in [1.29, 1.82) is 0 Å². The molecule has 0 radical (unpaired) electrons. The highest BCUT2D eigenvalue weighted by Gasteiger charge is 2.55. The third-order valence-electron chi connectivity index (χ3n) is 5.10. The van der Waals surface area contributed by atoms with Gasteiger partial charge >= 0.3 is 0 Å². The molecule has 1 saturated carbocycles. The highest BCUT2D eigenvalue weighted by Crippen LogP contribution is 2.59. The van der Waals surface area contributed by atoms with Crippen LogP contribution < -0.4 is 0 Å². The van der Waals surface area contributed by atoms with Crippen molar-refractivity contribution >= 4 is 11.8 Å². The van der Waals surface area contributed by atoms with Crippen LogP contribution in [0.2, 0.25) is 0 Å². The van der Waals surface area contributed by atoms with Crippen LogP contribution in [0, 0.1) is 10.8 Å². The Bertz CT molecular complexity index is 678. The van der Waals surface area contributed by atoms with Gasteiger partial charge in [-0.25, -0.2) is 0 Å². The van der Waals surface area contributed by atoms with Crippen LogP contribution in [0.3, 0.4) is 0 Å². The lowest BCUT2D eigenvalue weighted by atomic mass is 9.58. The standard InChI is InChI=1S/C22H28OS/c1-20(2)15-21(3,4)19(24-18-13-9-6-10-14-18)22(23,16-20)17-11-7-5-8-12-17/h5-14,19,23H,15-16H2,1-4H3/t19-,22-/m0/s1. The van der Waals surface area contributed by atoms with Crippen LogP contribution in [-0.4, -0.2) is 10.4 Å². The minimum absolute atomic E-state index is 0.0346. The van der Waals surface area contributed by atoms with Crippen LogP contribution in [0.25, 0.3) is 0 Å². The first-order chi connectivity index (χ1) is 11.2. The molecule has 0 spiro atoms. The summed E-state index contributed by atoms with van der Waals surface area (Å²) in [6.45, 7) is 9.18. The second-order valence-electron chi connectivity index (χ2n) is 8.61. The lowest BCUT2D eigenvalue weighted by Crippen LogP contribution is -2.54. The van der Waals surface area contributed by atoms with E-state index >= 15 is 0 Å². The van der Waals surface area contributed by atoms with Crippen molar-refractivity contribution in [2.75, 3.05) is 0 Å². The maximum Gasteiger partial charge on any atom is 0.103 e. The van der Waals surface area contributed by atoms with Crippen molar-refractivity contribution in [3.63, 3.8) is 0 Å². The molecule has 1 fully saturated rings. The number of hydrogen-bond acceptors (Lipinski definition) is 2. The molecule has 3 rings (SSSR count). The van der Waals surface area contributed by atoms with E-state index in [9.17, 15) is 5.11 Å². The van der Waals surface area contributed by atoms with Gasteiger partial charge in [-0.3, -0.25) is 0 Å². The smallest absolute Gasteiger partial charge is 0.103 e. The molecule has 0 bridgehead atoms. The van der Waals surface area contributed by atoms with E-state index in [2.05, 4.69) is 64.1 Å². The summed E-state index contributed by atoms with van der Waals surface area (Å²) in [5.74, 6) is 0. The van der Waals surface area contributed by atoms with E-state index in [1.807, 2.05) is 36.0 Å². The molecule has 0 aliphatic heterocycles. The van der Waals surface area contributed by atoms with E-state index in [4.69, 9.17) is 0 Å². The monoisotopic (exact) mass is 340 g/mol. The molecule has 0 saturated heterocycles. The molecule has 0 aromatic heterocycles. The molecule has 1 nitrogen and oxygen atoms in total. The van der Waals surface area contributed by atoms with Crippen molar-refractivity contribution in [1.82, 2.24) is 0 Å². The summed E-state index contributed by atoms with van der Waals surface area (Å²) in [7, 11) is 0. The summed E-state index contributed by atoms with van der Waals surface area (Å²) in [4.78, 5) is 1.23. The summed E-state index contributed by atoms with van der Waals surface area (Å²) < 4.78 is 0. The largest absolute Gasteiger partial charge is 0.384 e. The molecular weight excluding hydrogens is 312 g/mol. The van der Waals surface area contributed by atoms with Gasteiger partial charge in [-0.05, 0) is 41.4 Å². The van der Waals surface area contributed by atoms with Gasteiger partial charge in [-0.2, -0.15) is 0 Å². The molecule has 24 heavy (non-hydrogen) atoms. The van der Waals surface area contributed by atoms with Crippen LogP contribution in [0.15, 0.2) is 65.6 Å². The normalized spacial score (nSPS) is 28.5. The molecule has 0 unspecified atom stereocenters. The van der Waals surface area contributed by atoms with Gasteiger partial charge in [0.15, 0.2) is 0 Å². The Labute approximate surface area is 150 Å². The quantitative estimate of drug-likeness (QED) is 0.752. The lowest BCUT2D eigenvalue weighted by molar-refractivity contribution is -0.0834. The Hall–Kier alpha value is -1.25. The van der Waals surface area contributed by atoms with Crippen LogP contribution in [0.1, 0.15) is 46.1 Å². The maximum atomic E-state index is 11.9. The Morgan fingerprint density at radius 3 is 1.96 bits per heavy atom. The van der Waals surface area contributed by atoms with Gasteiger partial charge in [-0.1, -0.05) is 76.2 Å². The number of hydrogen-bond donors (Lipinski definition) is 1. The predicted molar refractivity (Wildman–Crippen MR) is 103 cm³/mol. The summed E-state index contributed by atoms with van der Waals surface area (Å²) in [6, 6.07) is 20.7. The summed E-state index contributed by atoms with van der Waals surface area (Å²) in [5.41, 5.74) is 0.362. The van der Waals surface area contributed by atoms with Gasteiger partial charge in [-0.15, -0.1) is 11.8 Å². The molecule has 0 heterocycles. The second-order valence-corrected chi connectivity index (χ2v) is 9.79. The molecule has 2 atom stereocenters. The minimum atomic E-state index is -0.826. The Morgan fingerprint density at radius 2 is 1.38 bits per heavy atom. The molecule has 128 valence electrons. The fourth-order valence-corrected chi connectivity index (χ4v) is 6.13. The molecule has 1 N–H and O–H groups in total. The van der Waals surface area contributed by atoms with Gasteiger partial charge in [0.2, 0.25) is 0 Å². The molecule has 1 aliphatic carbocycles. The fraction of sp³-hybridized carbons (Fsp3) is 0.455. The number of aliphatic hydroxyl groups is 1. The topological polar surface area (TPSA) is 20.2 Å². The molecule has 0 amide bonds. The van der Waals surface area contributed by atoms with E-state index in [-0.39, 0.29) is 16.1 Å². The van der Waals surface area contributed by atoms with Crippen molar-refractivity contribution in [3.05, 3.63) is 66.2 Å². The maximum absolute atomic E-state index is 11.9. The molecular formula is C22H28OS. The Morgan fingerprint density at radius 1 is 0.833 bits per heavy atom. The first kappa shape index (κ1) is 17.6. The van der Waals surface area contributed by atoms with E-state index in [0.717, 1.165) is 18.4 Å². The highest BCUT2D eigenvalue weighted by atomic mass is 32.2. The summed E-state index contributed by atoms with van der Waals surface area (Å²) in [6.07, 6.45) is 1.90. The van der Waals surface area contributed by atoms with E-state index < -0.39 is 5.60 Å². The van der Waals surface area contributed by atoms with Crippen molar-refractivity contribution in [3.8, 4) is 0 Å². The minimum Gasteiger partial charge on any atom is -0.384 e. The van der Waals surface area contributed by atoms with Gasteiger partial charge in [0.05, 0.1) is 0 Å². The van der Waals surface area contributed by atoms with E-state index in [0.29, 0.717) is 0 Å². The second kappa shape index (κ2) is 6.24. The highest BCUT2D eigenvalue weighted by molar-refractivity contribution is 8.00. The Kier molecular flexibility index (Phi) is 4.57. The summed E-state index contributed by atoms with van der Waals surface area (Å²) in [5, 5.41) is 12.0. The van der Waals surface area contributed by atoms with Crippen LogP contribution in [0.5, 0.6) is 0 Å². The van der Waals surface area contributed by atoms with Crippen LogP contribution >= 0.6 is 11.8 Å².